The Bertz CT molecular complexity index is 769. The molecule has 144 valence electrons. The third-order valence-electron chi connectivity index (χ3n) is 5.35. The summed E-state index contributed by atoms with van der Waals surface area (Å²) in [4.78, 5) is 18.8. The molecule has 0 unspecified atom stereocenters. The molecule has 27 heavy (non-hydrogen) atoms. The van der Waals surface area contributed by atoms with Crippen LogP contribution in [0.4, 0.5) is 11.9 Å². The van der Waals surface area contributed by atoms with Crippen molar-refractivity contribution in [3.63, 3.8) is 0 Å². The Morgan fingerprint density at radius 2 is 1.74 bits per heavy atom. The minimum absolute atomic E-state index is 0.0312. The summed E-state index contributed by atoms with van der Waals surface area (Å²) in [5.41, 5.74) is 0.0312. The van der Waals surface area contributed by atoms with Crippen LogP contribution in [-0.2, 0) is 4.74 Å². The molecule has 10 nitrogen and oxygen atoms in total. The van der Waals surface area contributed by atoms with Crippen molar-refractivity contribution < 1.29 is 4.74 Å². The van der Waals surface area contributed by atoms with E-state index in [1.807, 2.05) is 12.3 Å². The molecule has 3 saturated heterocycles. The van der Waals surface area contributed by atoms with Gasteiger partial charge >= 0.3 is 0 Å². The molecule has 0 bridgehead atoms. The number of hydrogen-bond acceptors (Lipinski definition) is 9. The summed E-state index contributed by atoms with van der Waals surface area (Å²) in [6.07, 6.45) is 4.68. The number of nitrogens with zero attached hydrogens (tertiary/aromatic N) is 7. The van der Waals surface area contributed by atoms with Gasteiger partial charge in [0.2, 0.25) is 11.9 Å². The van der Waals surface area contributed by atoms with Crippen molar-refractivity contribution in [3.8, 4) is 5.95 Å². The van der Waals surface area contributed by atoms with E-state index in [0.29, 0.717) is 5.95 Å². The largest absolute Gasteiger partial charge is 0.377 e. The summed E-state index contributed by atoms with van der Waals surface area (Å²) in [5, 5.41) is 11.3. The van der Waals surface area contributed by atoms with Gasteiger partial charge < -0.3 is 25.2 Å². The molecule has 2 aromatic rings. The average Bonchev–Trinajstić information content (AvgIpc) is 3.09. The van der Waals surface area contributed by atoms with Crippen LogP contribution in [0, 0.1) is 0 Å². The summed E-state index contributed by atoms with van der Waals surface area (Å²) in [5.74, 6) is 2.01. The van der Waals surface area contributed by atoms with E-state index >= 15 is 0 Å². The zero-order valence-electron chi connectivity index (χ0n) is 15.3. The Morgan fingerprint density at radius 3 is 2.52 bits per heavy atom. The predicted molar refractivity (Wildman–Crippen MR) is 100 cm³/mol. The molecular formula is C17H25N9O. The first-order valence-electron chi connectivity index (χ1n) is 9.61. The van der Waals surface area contributed by atoms with Gasteiger partial charge in [-0.2, -0.15) is 20.1 Å². The van der Waals surface area contributed by atoms with Gasteiger partial charge in [-0.25, -0.2) is 4.68 Å². The summed E-state index contributed by atoms with van der Waals surface area (Å²) in [6.45, 7) is 7.89. The van der Waals surface area contributed by atoms with Crippen LogP contribution < -0.4 is 20.4 Å². The Balaban J connectivity index is 1.49. The Labute approximate surface area is 157 Å². The first-order chi connectivity index (χ1) is 13.3. The lowest BCUT2D eigenvalue weighted by Crippen LogP contribution is -2.70. The van der Waals surface area contributed by atoms with E-state index < -0.39 is 0 Å². The third-order valence-corrected chi connectivity index (χ3v) is 5.35. The minimum Gasteiger partial charge on any atom is -0.377 e. The zero-order chi connectivity index (χ0) is 18.1. The highest BCUT2D eigenvalue weighted by molar-refractivity contribution is 5.43. The maximum absolute atomic E-state index is 5.44. The van der Waals surface area contributed by atoms with E-state index in [0.717, 1.165) is 77.3 Å². The molecule has 3 fully saturated rings. The van der Waals surface area contributed by atoms with Crippen LogP contribution in [0.25, 0.3) is 5.95 Å². The van der Waals surface area contributed by atoms with Crippen molar-refractivity contribution in [2.24, 2.45) is 0 Å². The van der Waals surface area contributed by atoms with Gasteiger partial charge in [0.15, 0.2) is 0 Å². The molecule has 0 aliphatic carbocycles. The van der Waals surface area contributed by atoms with Crippen LogP contribution in [0.2, 0.25) is 0 Å². The van der Waals surface area contributed by atoms with Crippen LogP contribution in [0.3, 0.4) is 0 Å². The van der Waals surface area contributed by atoms with Gasteiger partial charge in [-0.1, -0.05) is 0 Å². The molecule has 0 atom stereocenters. The smallest absolute Gasteiger partial charge is 0.257 e. The third kappa shape index (κ3) is 3.35. The first-order valence-corrected chi connectivity index (χ1v) is 9.61. The molecule has 2 aromatic heterocycles. The summed E-state index contributed by atoms with van der Waals surface area (Å²) in [6, 6.07) is 1.88. The van der Waals surface area contributed by atoms with Crippen molar-refractivity contribution in [1.82, 2.24) is 35.4 Å². The van der Waals surface area contributed by atoms with Gasteiger partial charge in [-0.05, 0) is 19.0 Å². The fraction of sp³-hybridized carbons (Fsp3) is 0.647. The summed E-state index contributed by atoms with van der Waals surface area (Å²) >= 11 is 0. The van der Waals surface area contributed by atoms with Crippen molar-refractivity contribution in [1.29, 1.82) is 0 Å². The molecule has 5 heterocycles. The molecule has 0 saturated carbocycles. The number of piperazine rings is 1. The summed E-state index contributed by atoms with van der Waals surface area (Å²) in [7, 11) is 0. The summed E-state index contributed by atoms with van der Waals surface area (Å²) < 4.78 is 7.15. The number of ether oxygens (including phenoxy) is 1. The van der Waals surface area contributed by atoms with E-state index in [4.69, 9.17) is 19.7 Å². The Hall–Kier alpha value is -2.30. The molecule has 3 aliphatic heterocycles. The molecule has 0 radical (unpaired) electrons. The SMILES string of the molecule is c1cnn(-c2nc(N3CCCNCC3)nc(N3CCNC4(COC4)C3)n2)c1. The quantitative estimate of drug-likeness (QED) is 0.707. The minimum atomic E-state index is 0.0312. The molecule has 1 spiro atoms. The van der Waals surface area contributed by atoms with Crippen LogP contribution in [0.1, 0.15) is 6.42 Å². The lowest BCUT2D eigenvalue weighted by Gasteiger charge is -2.48. The van der Waals surface area contributed by atoms with Crippen molar-refractivity contribution >= 4 is 11.9 Å². The van der Waals surface area contributed by atoms with Crippen molar-refractivity contribution in [2.75, 3.05) is 68.8 Å². The molecular weight excluding hydrogens is 346 g/mol. The number of nitrogens with one attached hydrogen (secondary N) is 2. The molecule has 10 heteroatoms. The number of hydrogen-bond donors (Lipinski definition) is 2. The van der Waals surface area contributed by atoms with E-state index in [9.17, 15) is 0 Å². The van der Waals surface area contributed by atoms with Crippen molar-refractivity contribution in [3.05, 3.63) is 18.5 Å². The Kier molecular flexibility index (Phi) is 4.38. The monoisotopic (exact) mass is 371 g/mol. The Morgan fingerprint density at radius 1 is 0.926 bits per heavy atom. The molecule has 2 N–H and O–H groups in total. The van der Waals surface area contributed by atoms with Crippen LogP contribution >= 0.6 is 0 Å². The molecule has 0 aromatic carbocycles. The highest BCUT2D eigenvalue weighted by Crippen LogP contribution is 2.25. The molecule has 0 amide bonds. The standard InChI is InChI=1S/C17H25N9O/c1-3-18-5-9-24(7-1)14-21-15(23-16(22-14)26-8-2-4-20-26)25-10-6-19-17(11-25)12-27-13-17/h2,4,8,18-19H,1,3,5-7,9-13H2. The van der Waals surface area contributed by atoms with Crippen LogP contribution in [0.5, 0.6) is 0 Å². The predicted octanol–water partition coefficient (Wildman–Crippen LogP) is -0.964. The lowest BCUT2D eigenvalue weighted by atomic mass is 9.95. The lowest BCUT2D eigenvalue weighted by molar-refractivity contribution is -0.0744. The maximum Gasteiger partial charge on any atom is 0.257 e. The van der Waals surface area contributed by atoms with Gasteiger partial charge in [0.25, 0.3) is 5.95 Å². The van der Waals surface area contributed by atoms with Crippen LogP contribution in [-0.4, -0.2) is 89.3 Å². The normalized spacial score (nSPS) is 22.5. The number of anilines is 2. The van der Waals surface area contributed by atoms with Gasteiger partial charge in [0, 0.05) is 51.7 Å². The van der Waals surface area contributed by atoms with E-state index in [-0.39, 0.29) is 5.54 Å². The van der Waals surface area contributed by atoms with Gasteiger partial charge in [0.05, 0.1) is 18.8 Å². The zero-order valence-corrected chi connectivity index (χ0v) is 15.3. The van der Waals surface area contributed by atoms with Gasteiger partial charge in [0.1, 0.15) is 0 Å². The second-order valence-electron chi connectivity index (χ2n) is 7.40. The first kappa shape index (κ1) is 16.8. The maximum atomic E-state index is 5.44. The van der Waals surface area contributed by atoms with E-state index in [2.05, 4.69) is 25.5 Å². The average molecular weight is 371 g/mol. The fourth-order valence-electron chi connectivity index (χ4n) is 3.83. The number of aromatic nitrogens is 5. The highest BCUT2D eigenvalue weighted by atomic mass is 16.5. The second kappa shape index (κ2) is 7.02. The highest BCUT2D eigenvalue weighted by Gasteiger charge is 2.42. The topological polar surface area (TPSA) is 96.3 Å². The second-order valence-corrected chi connectivity index (χ2v) is 7.40. The van der Waals surface area contributed by atoms with E-state index in [1.54, 1.807) is 10.9 Å². The molecule has 5 rings (SSSR count). The van der Waals surface area contributed by atoms with Crippen LogP contribution in [0.15, 0.2) is 18.5 Å². The fourth-order valence-corrected chi connectivity index (χ4v) is 3.83. The van der Waals surface area contributed by atoms with Gasteiger partial charge in [-0.15, -0.1) is 0 Å². The molecule has 3 aliphatic rings. The van der Waals surface area contributed by atoms with E-state index in [1.165, 1.54) is 0 Å². The van der Waals surface area contributed by atoms with Crippen molar-refractivity contribution in [2.45, 2.75) is 12.0 Å². The van der Waals surface area contributed by atoms with Gasteiger partial charge in [-0.3, -0.25) is 0 Å². The number of rotatable bonds is 3.